The summed E-state index contributed by atoms with van der Waals surface area (Å²) >= 11 is 23.6. The van der Waals surface area contributed by atoms with Gasteiger partial charge in [0.15, 0.2) is 0 Å². The van der Waals surface area contributed by atoms with Gasteiger partial charge in [-0.1, -0.05) is 52.5 Å². The van der Waals surface area contributed by atoms with Crippen LogP contribution in [-0.2, 0) is 10.0 Å². The van der Waals surface area contributed by atoms with E-state index >= 15 is 0 Å². The van der Waals surface area contributed by atoms with Crippen LogP contribution >= 0.6 is 46.4 Å². The van der Waals surface area contributed by atoms with Crippen LogP contribution in [0.3, 0.4) is 0 Å². The lowest BCUT2D eigenvalue weighted by Gasteiger charge is -2.16. The number of benzene rings is 2. The van der Waals surface area contributed by atoms with E-state index in [9.17, 15) is 13.2 Å². The first-order chi connectivity index (χ1) is 13.6. The summed E-state index contributed by atoms with van der Waals surface area (Å²) in [7, 11) is -3.86. The van der Waals surface area contributed by atoms with Crippen LogP contribution in [0.25, 0.3) is 5.69 Å². The molecule has 29 heavy (non-hydrogen) atoms. The monoisotopic (exact) mass is 491 g/mol. The molecule has 2 aromatic carbocycles. The van der Waals surface area contributed by atoms with Crippen LogP contribution in [0.1, 0.15) is 18.5 Å². The third-order valence-corrected chi connectivity index (χ3v) is 6.90. The van der Waals surface area contributed by atoms with Gasteiger partial charge in [-0.3, -0.25) is 4.79 Å². The second-order valence-corrected chi connectivity index (χ2v) is 9.37. The Bertz CT molecular complexity index is 1230. The third-order valence-electron chi connectivity index (χ3n) is 4.03. The minimum Gasteiger partial charge on any atom is -0.266 e. The molecule has 0 bridgehead atoms. The Hall–Kier alpha value is -1.61. The molecule has 1 N–H and O–H groups in total. The maximum absolute atomic E-state index is 12.7. The molecule has 0 saturated heterocycles. The number of sulfonamides is 1. The fourth-order valence-corrected chi connectivity index (χ4v) is 4.63. The van der Waals surface area contributed by atoms with E-state index in [4.69, 9.17) is 46.4 Å². The lowest BCUT2D eigenvalue weighted by atomic mass is 10.1. The van der Waals surface area contributed by atoms with Gasteiger partial charge in [-0.15, -0.1) is 0 Å². The van der Waals surface area contributed by atoms with Crippen LogP contribution < -0.4 is 10.3 Å². The molecule has 1 heterocycles. The molecule has 0 radical (unpaired) electrons. The average molecular weight is 493 g/mol. The second-order valence-electron chi connectivity index (χ2n) is 6.03. The first kappa shape index (κ1) is 22.1. The van der Waals surface area contributed by atoms with Gasteiger partial charge in [0.1, 0.15) is 5.02 Å². The molecule has 0 saturated carbocycles. The largest absolute Gasteiger partial charge is 0.291 e. The molecule has 152 valence electrons. The number of nitrogens with zero attached hydrogens (tertiary/aromatic N) is 2. The maximum Gasteiger partial charge on any atom is 0.291 e. The van der Waals surface area contributed by atoms with Gasteiger partial charge in [0, 0.05) is 16.1 Å². The molecule has 0 aliphatic rings. The Balaban J connectivity index is 1.87. The van der Waals surface area contributed by atoms with Crippen LogP contribution in [-0.4, -0.2) is 18.2 Å². The molecule has 0 aliphatic heterocycles. The van der Waals surface area contributed by atoms with Crippen LogP contribution in [0.15, 0.2) is 58.4 Å². The van der Waals surface area contributed by atoms with Gasteiger partial charge in [0.05, 0.1) is 21.8 Å². The predicted molar refractivity (Wildman–Crippen MR) is 115 cm³/mol. The second kappa shape index (κ2) is 8.63. The van der Waals surface area contributed by atoms with E-state index in [2.05, 4.69) is 9.82 Å². The zero-order valence-corrected chi connectivity index (χ0v) is 18.6. The van der Waals surface area contributed by atoms with Crippen molar-refractivity contribution in [1.29, 1.82) is 0 Å². The van der Waals surface area contributed by atoms with Gasteiger partial charge in [-0.05, 0) is 48.9 Å². The number of halogens is 4. The molecule has 1 aromatic heterocycles. The Morgan fingerprint density at radius 2 is 1.66 bits per heavy atom. The lowest BCUT2D eigenvalue weighted by molar-refractivity contribution is 0.567. The van der Waals surface area contributed by atoms with Crippen LogP contribution in [0.2, 0.25) is 20.1 Å². The van der Waals surface area contributed by atoms with Crippen LogP contribution in [0.5, 0.6) is 0 Å². The number of nitrogens with one attached hydrogen (secondary N) is 1. The number of hydrogen-bond acceptors (Lipinski definition) is 4. The van der Waals surface area contributed by atoms with Crippen molar-refractivity contribution >= 4 is 56.4 Å². The molecular weight excluding hydrogens is 480 g/mol. The normalized spacial score (nSPS) is 12.7. The van der Waals surface area contributed by atoms with Crippen molar-refractivity contribution in [1.82, 2.24) is 14.5 Å². The minimum atomic E-state index is -3.86. The standard InChI is InChI=1S/C18H13Cl4N3O3S/c1-10(14-7-2-11(19)8-15(14)20)24-29(27,28)13-5-3-12(4-6-13)25-18(26)17(22)16(21)9-23-25/h2-10,24H,1H3/t10-/m1/s1. The SMILES string of the molecule is C[C@@H](NS(=O)(=O)c1ccc(-n2ncc(Cl)c(Cl)c2=O)cc1)c1ccc(Cl)cc1Cl. The van der Waals surface area contributed by atoms with E-state index in [1.54, 1.807) is 25.1 Å². The smallest absolute Gasteiger partial charge is 0.266 e. The number of aromatic nitrogens is 2. The molecule has 3 rings (SSSR count). The number of hydrogen-bond donors (Lipinski definition) is 1. The summed E-state index contributed by atoms with van der Waals surface area (Å²) in [5, 5.41) is 4.57. The third kappa shape index (κ3) is 4.77. The Labute approximate surface area is 187 Å². The first-order valence-corrected chi connectivity index (χ1v) is 11.1. The van der Waals surface area contributed by atoms with Crippen molar-refractivity contribution in [3.05, 3.63) is 84.7 Å². The molecule has 0 amide bonds. The highest BCUT2D eigenvalue weighted by molar-refractivity contribution is 7.89. The summed E-state index contributed by atoms with van der Waals surface area (Å²) in [4.78, 5) is 12.2. The lowest BCUT2D eigenvalue weighted by Crippen LogP contribution is -2.27. The Kier molecular flexibility index (Phi) is 6.57. The summed E-state index contributed by atoms with van der Waals surface area (Å²) in [6.07, 6.45) is 1.23. The van der Waals surface area contributed by atoms with Gasteiger partial charge in [-0.25, -0.2) is 13.1 Å². The van der Waals surface area contributed by atoms with E-state index in [1.165, 1.54) is 30.5 Å². The molecule has 6 nitrogen and oxygen atoms in total. The van der Waals surface area contributed by atoms with E-state index in [1.807, 2.05) is 0 Å². The highest BCUT2D eigenvalue weighted by atomic mass is 35.5. The molecule has 3 aromatic rings. The van der Waals surface area contributed by atoms with Crippen LogP contribution in [0, 0.1) is 0 Å². The predicted octanol–water partition coefficient (Wildman–Crippen LogP) is 4.89. The first-order valence-electron chi connectivity index (χ1n) is 8.11. The van der Waals surface area contributed by atoms with E-state index in [0.29, 0.717) is 21.3 Å². The average Bonchev–Trinajstić information content (AvgIpc) is 2.66. The van der Waals surface area contributed by atoms with Crippen molar-refractivity contribution in [3.8, 4) is 5.69 Å². The van der Waals surface area contributed by atoms with Gasteiger partial charge in [0.25, 0.3) is 5.56 Å². The van der Waals surface area contributed by atoms with Gasteiger partial charge < -0.3 is 0 Å². The van der Waals surface area contributed by atoms with Crippen LogP contribution in [0.4, 0.5) is 0 Å². The highest BCUT2D eigenvalue weighted by Gasteiger charge is 2.20. The summed E-state index contributed by atoms with van der Waals surface area (Å²) in [5.74, 6) is 0. The molecule has 11 heteroatoms. The van der Waals surface area contributed by atoms with E-state index in [-0.39, 0.29) is 14.9 Å². The zero-order chi connectivity index (χ0) is 21.3. The summed E-state index contributed by atoms with van der Waals surface area (Å²) in [5.41, 5.74) is 0.308. The van der Waals surface area contributed by atoms with E-state index in [0.717, 1.165) is 4.68 Å². The molecule has 0 aliphatic carbocycles. The summed E-state index contributed by atoms with van der Waals surface area (Å²) < 4.78 is 29.0. The summed E-state index contributed by atoms with van der Waals surface area (Å²) in [6.45, 7) is 1.67. The number of rotatable bonds is 5. The topological polar surface area (TPSA) is 81.1 Å². The molecule has 0 spiro atoms. The van der Waals surface area contributed by atoms with Crippen molar-refractivity contribution < 1.29 is 8.42 Å². The summed E-state index contributed by atoms with van der Waals surface area (Å²) in [6, 6.07) is 9.81. The minimum absolute atomic E-state index is 0.00583. The quantitative estimate of drug-likeness (QED) is 0.550. The maximum atomic E-state index is 12.7. The zero-order valence-electron chi connectivity index (χ0n) is 14.7. The van der Waals surface area contributed by atoms with Crippen molar-refractivity contribution in [2.75, 3.05) is 0 Å². The fourth-order valence-electron chi connectivity index (χ4n) is 2.58. The van der Waals surface area contributed by atoms with Gasteiger partial charge >= 0.3 is 0 Å². The Morgan fingerprint density at radius 3 is 2.28 bits per heavy atom. The van der Waals surface area contributed by atoms with Gasteiger partial charge in [-0.2, -0.15) is 9.78 Å². The Morgan fingerprint density at radius 1 is 1.00 bits per heavy atom. The van der Waals surface area contributed by atoms with Crippen molar-refractivity contribution in [2.24, 2.45) is 0 Å². The van der Waals surface area contributed by atoms with Gasteiger partial charge in [0.2, 0.25) is 10.0 Å². The molecule has 1 atom stereocenters. The molecule has 0 unspecified atom stereocenters. The van der Waals surface area contributed by atoms with E-state index < -0.39 is 21.6 Å². The molecule has 0 fully saturated rings. The van der Waals surface area contributed by atoms with Crippen molar-refractivity contribution in [2.45, 2.75) is 17.9 Å². The van der Waals surface area contributed by atoms with Crippen molar-refractivity contribution in [3.63, 3.8) is 0 Å². The highest BCUT2D eigenvalue weighted by Crippen LogP contribution is 2.27. The fraction of sp³-hybridized carbons (Fsp3) is 0.111. The molecular formula is C18H13Cl4N3O3S.